The van der Waals surface area contributed by atoms with E-state index in [0.29, 0.717) is 17.1 Å². The third-order valence-corrected chi connectivity index (χ3v) is 3.15. The number of nitrogens with one attached hydrogen (secondary N) is 1. The van der Waals surface area contributed by atoms with Gasteiger partial charge in [0.15, 0.2) is 11.5 Å². The highest BCUT2D eigenvalue weighted by Crippen LogP contribution is 2.37. The van der Waals surface area contributed by atoms with Gasteiger partial charge in [0.1, 0.15) is 5.82 Å². The molecule has 0 saturated heterocycles. The molecule has 1 atom stereocenters. The van der Waals surface area contributed by atoms with Crippen molar-refractivity contribution in [3.63, 3.8) is 0 Å². The molecule has 0 aliphatic carbocycles. The summed E-state index contributed by atoms with van der Waals surface area (Å²) in [6.07, 6.45) is 2.77. The lowest BCUT2D eigenvalue weighted by Crippen LogP contribution is -2.20. The number of aromatic nitrogens is 1. The predicted molar refractivity (Wildman–Crippen MR) is 74.6 cm³/mol. The maximum absolute atomic E-state index is 14.0. The molecular weight excluding hydrogens is 259 g/mol. The van der Waals surface area contributed by atoms with Gasteiger partial charge in [0.25, 0.3) is 0 Å². The molecule has 5 heteroatoms. The Bertz CT molecular complexity index is 590. The SMILES string of the molecule is CNC(c1ccncc1F)c1cccc(OC)c1OC. The highest BCUT2D eigenvalue weighted by molar-refractivity contribution is 5.50. The van der Waals surface area contributed by atoms with Crippen LogP contribution in [0.3, 0.4) is 0 Å². The van der Waals surface area contributed by atoms with Crippen molar-refractivity contribution in [1.29, 1.82) is 0 Å². The van der Waals surface area contributed by atoms with Crippen molar-refractivity contribution in [3.8, 4) is 11.5 Å². The van der Waals surface area contributed by atoms with Gasteiger partial charge in [-0.05, 0) is 19.2 Å². The number of rotatable bonds is 5. The molecule has 0 aliphatic heterocycles. The second-order valence-corrected chi connectivity index (χ2v) is 4.20. The molecule has 2 aromatic rings. The summed E-state index contributed by atoms with van der Waals surface area (Å²) in [4.78, 5) is 3.77. The number of hydrogen-bond acceptors (Lipinski definition) is 4. The van der Waals surface area contributed by atoms with E-state index in [9.17, 15) is 4.39 Å². The van der Waals surface area contributed by atoms with E-state index in [-0.39, 0.29) is 11.9 Å². The average molecular weight is 276 g/mol. The Morgan fingerprint density at radius 1 is 1.15 bits per heavy atom. The Hall–Kier alpha value is -2.14. The number of methoxy groups -OCH3 is 2. The van der Waals surface area contributed by atoms with Gasteiger partial charge in [0.2, 0.25) is 0 Å². The molecule has 106 valence electrons. The second kappa shape index (κ2) is 6.34. The third kappa shape index (κ3) is 2.58. The lowest BCUT2D eigenvalue weighted by Gasteiger charge is -2.21. The van der Waals surface area contributed by atoms with Crippen LogP contribution in [-0.2, 0) is 0 Å². The molecule has 0 spiro atoms. The van der Waals surface area contributed by atoms with E-state index < -0.39 is 0 Å². The number of nitrogens with zero attached hydrogens (tertiary/aromatic N) is 1. The normalized spacial score (nSPS) is 12.0. The fourth-order valence-corrected chi connectivity index (χ4v) is 2.24. The molecular formula is C15H17FN2O2. The molecule has 1 aromatic carbocycles. The van der Waals surface area contributed by atoms with Crippen molar-refractivity contribution in [2.24, 2.45) is 0 Å². The minimum atomic E-state index is -0.364. The van der Waals surface area contributed by atoms with Crippen molar-refractivity contribution in [1.82, 2.24) is 10.3 Å². The van der Waals surface area contributed by atoms with Crippen molar-refractivity contribution in [2.75, 3.05) is 21.3 Å². The number of hydrogen-bond donors (Lipinski definition) is 1. The van der Waals surface area contributed by atoms with Crippen molar-refractivity contribution in [3.05, 3.63) is 53.6 Å². The molecule has 1 N–H and O–H groups in total. The molecule has 1 aromatic heterocycles. The average Bonchev–Trinajstić information content (AvgIpc) is 2.49. The van der Waals surface area contributed by atoms with E-state index in [4.69, 9.17) is 9.47 Å². The molecule has 0 amide bonds. The van der Waals surface area contributed by atoms with Crippen LogP contribution in [-0.4, -0.2) is 26.3 Å². The smallest absolute Gasteiger partial charge is 0.165 e. The van der Waals surface area contributed by atoms with Gasteiger partial charge in [0.05, 0.1) is 26.5 Å². The van der Waals surface area contributed by atoms with Crippen LogP contribution in [0.25, 0.3) is 0 Å². The van der Waals surface area contributed by atoms with Crippen LogP contribution >= 0.6 is 0 Å². The Labute approximate surface area is 117 Å². The first kappa shape index (κ1) is 14.3. The van der Waals surface area contributed by atoms with Crippen LogP contribution in [0.5, 0.6) is 11.5 Å². The molecule has 0 fully saturated rings. The van der Waals surface area contributed by atoms with Crippen molar-refractivity contribution in [2.45, 2.75) is 6.04 Å². The van der Waals surface area contributed by atoms with Gasteiger partial charge < -0.3 is 14.8 Å². The summed E-state index contributed by atoms with van der Waals surface area (Å²) in [6, 6.07) is 6.83. The summed E-state index contributed by atoms with van der Waals surface area (Å²) in [6.45, 7) is 0. The number of ether oxygens (including phenoxy) is 2. The number of benzene rings is 1. The van der Waals surface area contributed by atoms with Crippen molar-refractivity contribution < 1.29 is 13.9 Å². The van der Waals surface area contributed by atoms with Crippen LogP contribution in [0.15, 0.2) is 36.7 Å². The topological polar surface area (TPSA) is 43.4 Å². The molecule has 0 bridgehead atoms. The van der Waals surface area contributed by atoms with E-state index >= 15 is 0 Å². The van der Waals surface area contributed by atoms with Gasteiger partial charge in [-0.2, -0.15) is 0 Å². The summed E-state index contributed by atoms with van der Waals surface area (Å²) in [5.41, 5.74) is 1.31. The monoisotopic (exact) mass is 276 g/mol. The minimum Gasteiger partial charge on any atom is -0.493 e. The maximum Gasteiger partial charge on any atom is 0.165 e. The zero-order chi connectivity index (χ0) is 14.5. The first-order valence-electron chi connectivity index (χ1n) is 6.20. The zero-order valence-electron chi connectivity index (χ0n) is 11.7. The van der Waals surface area contributed by atoms with Gasteiger partial charge in [-0.3, -0.25) is 4.98 Å². The Morgan fingerprint density at radius 2 is 1.95 bits per heavy atom. The van der Waals surface area contributed by atoms with Crippen LogP contribution < -0.4 is 14.8 Å². The number of para-hydroxylation sites is 1. The molecule has 0 saturated carbocycles. The van der Waals surface area contributed by atoms with Gasteiger partial charge >= 0.3 is 0 Å². The van der Waals surface area contributed by atoms with Crippen LogP contribution in [0, 0.1) is 5.82 Å². The first-order chi connectivity index (χ1) is 9.72. The first-order valence-corrected chi connectivity index (χ1v) is 6.20. The van der Waals surface area contributed by atoms with Gasteiger partial charge in [0, 0.05) is 17.3 Å². The van der Waals surface area contributed by atoms with Crippen LogP contribution in [0.4, 0.5) is 4.39 Å². The highest BCUT2D eigenvalue weighted by atomic mass is 19.1. The third-order valence-electron chi connectivity index (χ3n) is 3.15. The molecule has 1 heterocycles. The number of halogens is 1. The Balaban J connectivity index is 2.55. The number of pyridine rings is 1. The molecule has 20 heavy (non-hydrogen) atoms. The van der Waals surface area contributed by atoms with Crippen LogP contribution in [0.2, 0.25) is 0 Å². The highest BCUT2D eigenvalue weighted by Gasteiger charge is 2.21. The van der Waals surface area contributed by atoms with Gasteiger partial charge in [-0.15, -0.1) is 0 Å². The van der Waals surface area contributed by atoms with Crippen LogP contribution in [0.1, 0.15) is 17.2 Å². The second-order valence-electron chi connectivity index (χ2n) is 4.20. The Morgan fingerprint density at radius 3 is 2.55 bits per heavy atom. The molecule has 0 aliphatic rings. The Kier molecular flexibility index (Phi) is 4.53. The van der Waals surface area contributed by atoms with E-state index in [2.05, 4.69) is 10.3 Å². The van der Waals surface area contributed by atoms with Gasteiger partial charge in [-0.1, -0.05) is 12.1 Å². The van der Waals surface area contributed by atoms with Crippen molar-refractivity contribution >= 4 is 0 Å². The largest absolute Gasteiger partial charge is 0.493 e. The zero-order valence-corrected chi connectivity index (χ0v) is 11.7. The fraction of sp³-hybridized carbons (Fsp3) is 0.267. The molecule has 1 unspecified atom stereocenters. The maximum atomic E-state index is 14.0. The lowest BCUT2D eigenvalue weighted by molar-refractivity contribution is 0.349. The molecule has 4 nitrogen and oxygen atoms in total. The summed E-state index contributed by atoms with van der Waals surface area (Å²) >= 11 is 0. The quantitative estimate of drug-likeness (QED) is 0.911. The van der Waals surface area contributed by atoms with E-state index in [1.165, 1.54) is 6.20 Å². The summed E-state index contributed by atoms with van der Waals surface area (Å²) in [5.74, 6) is 0.835. The summed E-state index contributed by atoms with van der Waals surface area (Å²) < 4.78 is 24.6. The summed E-state index contributed by atoms with van der Waals surface area (Å²) in [5, 5.41) is 3.10. The lowest BCUT2D eigenvalue weighted by atomic mass is 9.98. The fourth-order valence-electron chi connectivity index (χ4n) is 2.24. The minimum absolute atomic E-state index is 0.344. The molecule has 2 rings (SSSR count). The van der Waals surface area contributed by atoms with E-state index in [1.807, 2.05) is 12.1 Å². The molecule has 0 radical (unpaired) electrons. The van der Waals surface area contributed by atoms with Gasteiger partial charge in [-0.25, -0.2) is 4.39 Å². The predicted octanol–water partition coefficient (Wildman–Crippen LogP) is 2.55. The van der Waals surface area contributed by atoms with E-state index in [1.54, 1.807) is 39.6 Å². The summed E-state index contributed by atoms with van der Waals surface area (Å²) in [7, 11) is 4.91. The standard InChI is InChI=1S/C15H17FN2O2/c1-17-14(10-7-8-18-9-12(10)16)11-5-4-6-13(19-2)15(11)20-3/h4-9,14,17H,1-3H3. The van der Waals surface area contributed by atoms with E-state index in [0.717, 1.165) is 5.56 Å².